The maximum absolute atomic E-state index is 11.6. The van der Waals surface area contributed by atoms with E-state index in [1.54, 1.807) is 6.07 Å². The van der Waals surface area contributed by atoms with Crippen molar-refractivity contribution in [2.75, 3.05) is 12.5 Å². The molecule has 0 unspecified atom stereocenters. The van der Waals surface area contributed by atoms with Crippen molar-refractivity contribution in [2.45, 2.75) is 6.92 Å². The monoisotopic (exact) mass is 204 g/mol. The molecule has 68 valence electrons. The standard InChI is InChI=1S/C8H12O2S2/c1-6-4-5-10-7(6)8(9)12(2,3)11/h4-5,11H,1-3H3. The first-order valence-corrected chi connectivity index (χ1v) is 6.97. The van der Waals surface area contributed by atoms with Crippen LogP contribution < -0.4 is 0 Å². The smallest absolute Gasteiger partial charge is 0.245 e. The minimum absolute atomic E-state index is 0.00772. The second-order valence-electron chi connectivity index (χ2n) is 2.99. The summed E-state index contributed by atoms with van der Waals surface area (Å²) in [6.07, 6.45) is 5.20. The zero-order valence-electron chi connectivity index (χ0n) is 7.33. The number of hydrogen-bond donors (Lipinski definition) is 1. The highest BCUT2D eigenvalue weighted by Crippen LogP contribution is 2.48. The molecule has 1 aromatic heterocycles. The van der Waals surface area contributed by atoms with Crippen molar-refractivity contribution < 1.29 is 9.21 Å². The molecule has 0 spiro atoms. The van der Waals surface area contributed by atoms with Gasteiger partial charge in [-0.15, -0.1) is 20.7 Å². The van der Waals surface area contributed by atoms with E-state index in [4.69, 9.17) is 4.42 Å². The Hall–Kier alpha value is -0.350. The predicted molar refractivity (Wildman–Crippen MR) is 56.2 cm³/mol. The Balaban J connectivity index is 3.01. The molecule has 0 aliphatic carbocycles. The molecule has 0 N–H and O–H groups in total. The highest BCUT2D eigenvalue weighted by atomic mass is 33.1. The highest BCUT2D eigenvalue weighted by molar-refractivity contribution is 8.93. The van der Waals surface area contributed by atoms with Gasteiger partial charge in [-0.25, -0.2) is 0 Å². The average Bonchev–Trinajstić information content (AvgIpc) is 2.31. The Morgan fingerprint density at radius 1 is 1.58 bits per heavy atom. The lowest BCUT2D eigenvalue weighted by molar-refractivity contribution is 0.106. The van der Waals surface area contributed by atoms with Crippen molar-refractivity contribution in [2.24, 2.45) is 0 Å². The van der Waals surface area contributed by atoms with Crippen molar-refractivity contribution in [3.05, 3.63) is 23.7 Å². The SMILES string of the molecule is Cc1ccoc1C(=O)S(C)(C)S. The van der Waals surface area contributed by atoms with Crippen molar-refractivity contribution in [1.82, 2.24) is 0 Å². The fourth-order valence-electron chi connectivity index (χ4n) is 0.809. The van der Waals surface area contributed by atoms with Crippen LogP contribution in [0.15, 0.2) is 16.7 Å². The van der Waals surface area contributed by atoms with E-state index in [1.165, 1.54) is 6.26 Å². The zero-order chi connectivity index (χ0) is 9.35. The van der Waals surface area contributed by atoms with Crippen LogP contribution in [0, 0.1) is 6.92 Å². The van der Waals surface area contributed by atoms with Gasteiger partial charge in [0.15, 0.2) is 5.76 Å². The van der Waals surface area contributed by atoms with Crippen LogP contribution in [0.2, 0.25) is 0 Å². The van der Waals surface area contributed by atoms with Crippen LogP contribution in [0.1, 0.15) is 16.1 Å². The van der Waals surface area contributed by atoms with Crippen LogP contribution in [0.4, 0.5) is 0 Å². The third-order valence-corrected chi connectivity index (χ3v) is 3.09. The highest BCUT2D eigenvalue weighted by Gasteiger charge is 2.23. The first-order chi connectivity index (χ1) is 5.43. The summed E-state index contributed by atoms with van der Waals surface area (Å²) >= 11 is 4.26. The van der Waals surface area contributed by atoms with Gasteiger partial charge in [0.25, 0.3) is 0 Å². The van der Waals surface area contributed by atoms with Crippen LogP contribution in [0.3, 0.4) is 0 Å². The van der Waals surface area contributed by atoms with Crippen LogP contribution in [-0.2, 0) is 0 Å². The molecule has 2 nitrogen and oxygen atoms in total. The minimum atomic E-state index is -1.49. The van der Waals surface area contributed by atoms with Gasteiger partial charge >= 0.3 is 0 Å². The summed E-state index contributed by atoms with van der Waals surface area (Å²) in [6.45, 7) is 1.86. The minimum Gasteiger partial charge on any atom is -0.460 e. The molecular formula is C8H12O2S2. The largest absolute Gasteiger partial charge is 0.460 e. The van der Waals surface area contributed by atoms with E-state index in [1.807, 2.05) is 19.4 Å². The summed E-state index contributed by atoms with van der Waals surface area (Å²) in [5.41, 5.74) is 0.884. The topological polar surface area (TPSA) is 30.2 Å². The molecule has 1 heterocycles. The number of carbonyl (C=O) groups is 1. The van der Waals surface area contributed by atoms with Gasteiger partial charge in [0.1, 0.15) is 0 Å². The molecule has 0 amide bonds. The Bertz CT molecular complexity index is 296. The van der Waals surface area contributed by atoms with E-state index in [2.05, 4.69) is 11.7 Å². The second kappa shape index (κ2) is 3.18. The number of furan rings is 1. The Kier molecular flexibility index (Phi) is 2.58. The quantitative estimate of drug-likeness (QED) is 0.563. The molecule has 0 atom stereocenters. The van der Waals surface area contributed by atoms with Gasteiger partial charge in [-0.1, -0.05) is 0 Å². The lowest BCUT2D eigenvalue weighted by atomic mass is 10.3. The summed E-state index contributed by atoms with van der Waals surface area (Å²) < 4.78 is 5.07. The summed E-state index contributed by atoms with van der Waals surface area (Å²) in [5, 5.41) is 0.00772. The van der Waals surface area contributed by atoms with E-state index in [-0.39, 0.29) is 5.12 Å². The summed E-state index contributed by atoms with van der Waals surface area (Å²) in [4.78, 5) is 11.6. The Morgan fingerprint density at radius 3 is 2.50 bits per heavy atom. The average molecular weight is 204 g/mol. The Labute approximate surface area is 78.5 Å². The zero-order valence-corrected chi connectivity index (χ0v) is 9.04. The van der Waals surface area contributed by atoms with Gasteiger partial charge < -0.3 is 4.42 Å². The van der Waals surface area contributed by atoms with Gasteiger partial charge in [-0.2, -0.15) is 0 Å². The maximum Gasteiger partial charge on any atom is 0.245 e. The van der Waals surface area contributed by atoms with Gasteiger partial charge in [0.05, 0.1) is 6.26 Å². The first-order valence-electron chi connectivity index (χ1n) is 3.47. The van der Waals surface area contributed by atoms with Crippen LogP contribution >= 0.6 is 20.7 Å². The normalized spacial score (nSPS) is 13.0. The van der Waals surface area contributed by atoms with E-state index in [0.29, 0.717) is 5.76 Å². The van der Waals surface area contributed by atoms with Crippen LogP contribution in [-0.4, -0.2) is 17.6 Å². The van der Waals surface area contributed by atoms with Gasteiger partial charge in [0.2, 0.25) is 5.12 Å². The number of hydrogen-bond acceptors (Lipinski definition) is 3. The van der Waals surface area contributed by atoms with Crippen LogP contribution in [0.25, 0.3) is 0 Å². The summed E-state index contributed by atoms with van der Waals surface area (Å²) in [6, 6.07) is 1.78. The van der Waals surface area contributed by atoms with Crippen molar-refractivity contribution in [1.29, 1.82) is 0 Å². The van der Waals surface area contributed by atoms with Crippen molar-refractivity contribution >= 4 is 25.8 Å². The molecule has 0 aliphatic rings. The number of thiol groups is 1. The van der Waals surface area contributed by atoms with Gasteiger partial charge in [0, 0.05) is 0 Å². The van der Waals surface area contributed by atoms with E-state index < -0.39 is 9.06 Å². The third-order valence-electron chi connectivity index (χ3n) is 1.50. The number of carbonyl (C=O) groups excluding carboxylic acids is 1. The van der Waals surface area contributed by atoms with Crippen molar-refractivity contribution in [3.63, 3.8) is 0 Å². The maximum atomic E-state index is 11.6. The number of rotatable bonds is 1. The molecule has 0 saturated heterocycles. The molecule has 4 heteroatoms. The molecule has 1 rings (SSSR count). The van der Waals surface area contributed by atoms with Crippen molar-refractivity contribution in [3.8, 4) is 0 Å². The molecule has 1 aromatic rings. The van der Waals surface area contributed by atoms with Gasteiger partial charge in [-0.3, -0.25) is 4.79 Å². The molecule has 0 aliphatic heterocycles. The molecule has 12 heavy (non-hydrogen) atoms. The van der Waals surface area contributed by atoms with Crippen LogP contribution in [0.5, 0.6) is 0 Å². The lowest BCUT2D eigenvalue weighted by Gasteiger charge is -2.19. The predicted octanol–water partition coefficient (Wildman–Crippen LogP) is 2.64. The lowest BCUT2D eigenvalue weighted by Crippen LogP contribution is -2.04. The molecule has 0 saturated carbocycles. The van der Waals surface area contributed by atoms with E-state index in [9.17, 15) is 4.79 Å². The Morgan fingerprint density at radius 2 is 2.17 bits per heavy atom. The third kappa shape index (κ3) is 1.87. The van der Waals surface area contributed by atoms with E-state index in [0.717, 1.165) is 5.56 Å². The molecule has 0 radical (unpaired) electrons. The van der Waals surface area contributed by atoms with Gasteiger partial charge in [-0.05, 0) is 31.1 Å². The van der Waals surface area contributed by atoms with E-state index >= 15 is 0 Å². The fourth-order valence-corrected chi connectivity index (χ4v) is 1.72. The summed E-state index contributed by atoms with van der Waals surface area (Å²) in [7, 11) is -1.49. The fraction of sp³-hybridized carbons (Fsp3) is 0.375. The molecule has 0 bridgehead atoms. The molecule has 0 fully saturated rings. The summed E-state index contributed by atoms with van der Waals surface area (Å²) in [5.74, 6) is 0.449. The number of aryl methyl sites for hydroxylation is 1. The molecule has 0 aromatic carbocycles. The second-order valence-corrected chi connectivity index (χ2v) is 8.65. The first kappa shape index (κ1) is 9.74. The molecular weight excluding hydrogens is 192 g/mol.